The number of anilines is 1. The average Bonchev–Trinajstić information content (AvgIpc) is 3.06. The van der Waals surface area contributed by atoms with Crippen molar-refractivity contribution in [3.8, 4) is 5.88 Å². The summed E-state index contributed by atoms with van der Waals surface area (Å²) < 4.78 is 6.99. The van der Waals surface area contributed by atoms with Crippen molar-refractivity contribution in [1.29, 1.82) is 0 Å². The standard InChI is InChI=1S/C13H20N6O2/c1-4-21-12-7-11(16-17-12)13(20)15-10-8-14-19(9-10)6-5-18(2)3/h7-9H,4-6H2,1-3H3,(H,15,20)(H,16,17). The summed E-state index contributed by atoms with van der Waals surface area (Å²) in [4.78, 5) is 14.1. The monoisotopic (exact) mass is 292 g/mol. The SMILES string of the molecule is CCOc1cc(C(=O)Nc2cnn(CCN(C)C)c2)[nH]n1. The first-order valence-corrected chi connectivity index (χ1v) is 6.75. The molecule has 0 fully saturated rings. The van der Waals surface area contributed by atoms with Crippen LogP contribution in [0.4, 0.5) is 5.69 Å². The molecule has 0 unspecified atom stereocenters. The summed E-state index contributed by atoms with van der Waals surface area (Å²) in [5.74, 6) is 0.130. The van der Waals surface area contributed by atoms with E-state index in [4.69, 9.17) is 4.74 Å². The van der Waals surface area contributed by atoms with E-state index in [-0.39, 0.29) is 5.91 Å². The maximum Gasteiger partial charge on any atom is 0.273 e. The molecule has 0 aromatic carbocycles. The molecule has 2 rings (SSSR count). The number of nitrogens with one attached hydrogen (secondary N) is 2. The van der Waals surface area contributed by atoms with E-state index in [0.717, 1.165) is 13.1 Å². The molecule has 1 amide bonds. The number of hydrogen-bond donors (Lipinski definition) is 2. The summed E-state index contributed by atoms with van der Waals surface area (Å²) in [6.45, 7) is 4.01. The second kappa shape index (κ2) is 6.89. The molecule has 0 aliphatic rings. The van der Waals surface area contributed by atoms with E-state index in [9.17, 15) is 4.79 Å². The van der Waals surface area contributed by atoms with Crippen LogP contribution in [0.1, 0.15) is 17.4 Å². The smallest absolute Gasteiger partial charge is 0.273 e. The largest absolute Gasteiger partial charge is 0.477 e. The molecule has 8 heteroatoms. The first kappa shape index (κ1) is 15.0. The number of carbonyl (C=O) groups is 1. The van der Waals surface area contributed by atoms with Gasteiger partial charge in [-0.15, -0.1) is 5.10 Å². The zero-order valence-electron chi connectivity index (χ0n) is 12.5. The van der Waals surface area contributed by atoms with Crippen molar-refractivity contribution in [2.24, 2.45) is 0 Å². The summed E-state index contributed by atoms with van der Waals surface area (Å²) in [6.07, 6.45) is 3.41. The number of hydrogen-bond acceptors (Lipinski definition) is 5. The van der Waals surface area contributed by atoms with Gasteiger partial charge in [0.2, 0.25) is 5.88 Å². The first-order valence-electron chi connectivity index (χ1n) is 6.75. The molecule has 0 saturated heterocycles. The maximum atomic E-state index is 12.0. The molecular weight excluding hydrogens is 272 g/mol. The number of H-pyrrole nitrogens is 1. The van der Waals surface area contributed by atoms with E-state index in [0.29, 0.717) is 23.9 Å². The lowest BCUT2D eigenvalue weighted by atomic mass is 10.4. The normalized spacial score (nSPS) is 10.9. The minimum atomic E-state index is -0.277. The quantitative estimate of drug-likeness (QED) is 0.789. The van der Waals surface area contributed by atoms with Crippen LogP contribution in [-0.2, 0) is 6.54 Å². The van der Waals surface area contributed by atoms with Crippen LogP contribution in [0.3, 0.4) is 0 Å². The molecule has 0 aliphatic heterocycles. The van der Waals surface area contributed by atoms with Crippen LogP contribution in [0.25, 0.3) is 0 Å². The third kappa shape index (κ3) is 4.32. The molecule has 2 aromatic rings. The molecule has 114 valence electrons. The third-order valence-corrected chi connectivity index (χ3v) is 2.76. The molecule has 0 aliphatic carbocycles. The van der Waals surface area contributed by atoms with E-state index < -0.39 is 0 Å². The van der Waals surface area contributed by atoms with E-state index in [1.807, 2.05) is 21.0 Å². The van der Waals surface area contributed by atoms with Gasteiger partial charge in [-0.2, -0.15) is 5.10 Å². The lowest BCUT2D eigenvalue weighted by molar-refractivity contribution is 0.102. The number of aromatic nitrogens is 4. The Hall–Kier alpha value is -2.35. The number of amides is 1. The Balaban J connectivity index is 1.92. The maximum absolute atomic E-state index is 12.0. The number of ether oxygens (including phenoxy) is 1. The fraction of sp³-hybridized carbons (Fsp3) is 0.462. The Morgan fingerprint density at radius 2 is 2.33 bits per heavy atom. The summed E-state index contributed by atoms with van der Waals surface area (Å²) in [7, 11) is 4.00. The van der Waals surface area contributed by atoms with E-state index >= 15 is 0 Å². The number of likely N-dealkylation sites (N-methyl/N-ethyl adjacent to an activating group) is 1. The molecule has 0 bridgehead atoms. The highest BCUT2D eigenvalue weighted by atomic mass is 16.5. The fourth-order valence-electron chi connectivity index (χ4n) is 1.69. The second-order valence-electron chi connectivity index (χ2n) is 4.80. The van der Waals surface area contributed by atoms with Crippen molar-refractivity contribution < 1.29 is 9.53 Å². The number of aromatic amines is 1. The minimum Gasteiger partial charge on any atom is -0.477 e. The highest BCUT2D eigenvalue weighted by Crippen LogP contribution is 2.11. The van der Waals surface area contributed by atoms with Gasteiger partial charge in [0.25, 0.3) is 5.91 Å². The Labute approximate surface area is 123 Å². The molecule has 2 heterocycles. The van der Waals surface area contributed by atoms with Gasteiger partial charge in [-0.3, -0.25) is 14.6 Å². The van der Waals surface area contributed by atoms with Gasteiger partial charge >= 0.3 is 0 Å². The average molecular weight is 292 g/mol. The Morgan fingerprint density at radius 3 is 3.05 bits per heavy atom. The van der Waals surface area contributed by atoms with Crippen LogP contribution in [0, 0.1) is 0 Å². The van der Waals surface area contributed by atoms with E-state index in [2.05, 4.69) is 25.5 Å². The summed E-state index contributed by atoms with van der Waals surface area (Å²) in [6, 6.07) is 1.56. The number of rotatable bonds is 7. The van der Waals surface area contributed by atoms with E-state index in [1.54, 1.807) is 23.1 Å². The van der Waals surface area contributed by atoms with Crippen molar-refractivity contribution in [2.75, 3.05) is 32.6 Å². The zero-order chi connectivity index (χ0) is 15.2. The number of carbonyl (C=O) groups excluding carboxylic acids is 1. The Morgan fingerprint density at radius 1 is 1.52 bits per heavy atom. The summed E-state index contributed by atoms with van der Waals surface area (Å²) >= 11 is 0. The van der Waals surface area contributed by atoms with Crippen LogP contribution in [0.5, 0.6) is 5.88 Å². The van der Waals surface area contributed by atoms with Crippen molar-refractivity contribution in [2.45, 2.75) is 13.5 Å². The molecule has 0 radical (unpaired) electrons. The Kier molecular flexibility index (Phi) is 4.94. The van der Waals surface area contributed by atoms with Gasteiger partial charge in [0.15, 0.2) is 0 Å². The second-order valence-corrected chi connectivity index (χ2v) is 4.80. The van der Waals surface area contributed by atoms with Crippen molar-refractivity contribution in [3.63, 3.8) is 0 Å². The van der Waals surface area contributed by atoms with Crippen molar-refractivity contribution in [3.05, 3.63) is 24.2 Å². The van der Waals surface area contributed by atoms with Gasteiger partial charge in [0.1, 0.15) is 5.69 Å². The van der Waals surface area contributed by atoms with Crippen LogP contribution in [0.2, 0.25) is 0 Å². The predicted molar refractivity (Wildman–Crippen MR) is 78.5 cm³/mol. The first-order chi connectivity index (χ1) is 10.1. The van der Waals surface area contributed by atoms with Gasteiger partial charge in [0, 0.05) is 18.8 Å². The van der Waals surface area contributed by atoms with Crippen LogP contribution < -0.4 is 10.1 Å². The fourth-order valence-corrected chi connectivity index (χ4v) is 1.69. The van der Waals surface area contributed by atoms with Gasteiger partial charge in [-0.25, -0.2) is 0 Å². The van der Waals surface area contributed by atoms with Gasteiger partial charge in [-0.05, 0) is 21.0 Å². The molecule has 0 saturated carbocycles. The van der Waals surface area contributed by atoms with Crippen molar-refractivity contribution in [1.82, 2.24) is 24.9 Å². The molecule has 0 spiro atoms. The lowest BCUT2D eigenvalue weighted by Gasteiger charge is -2.08. The highest BCUT2D eigenvalue weighted by molar-refractivity contribution is 6.02. The van der Waals surface area contributed by atoms with E-state index in [1.165, 1.54) is 0 Å². The zero-order valence-corrected chi connectivity index (χ0v) is 12.5. The molecule has 0 atom stereocenters. The lowest BCUT2D eigenvalue weighted by Crippen LogP contribution is -2.18. The molecular formula is C13H20N6O2. The molecule has 2 N–H and O–H groups in total. The third-order valence-electron chi connectivity index (χ3n) is 2.76. The predicted octanol–water partition coefficient (Wildman–Crippen LogP) is 0.819. The van der Waals surface area contributed by atoms with Crippen molar-refractivity contribution >= 4 is 11.6 Å². The molecule has 2 aromatic heterocycles. The van der Waals surface area contributed by atoms with Crippen LogP contribution in [-0.4, -0.2) is 58.0 Å². The molecule has 21 heavy (non-hydrogen) atoms. The number of nitrogens with zero attached hydrogens (tertiary/aromatic N) is 4. The summed E-state index contributed by atoms with van der Waals surface area (Å²) in [5, 5.41) is 13.5. The Bertz CT molecular complexity index is 589. The van der Waals surface area contributed by atoms with Gasteiger partial charge in [0.05, 0.1) is 25.0 Å². The van der Waals surface area contributed by atoms with Crippen LogP contribution in [0.15, 0.2) is 18.5 Å². The topological polar surface area (TPSA) is 88.1 Å². The highest BCUT2D eigenvalue weighted by Gasteiger charge is 2.11. The van der Waals surface area contributed by atoms with Gasteiger partial charge in [-0.1, -0.05) is 0 Å². The van der Waals surface area contributed by atoms with Crippen LogP contribution >= 0.6 is 0 Å². The summed E-state index contributed by atoms with van der Waals surface area (Å²) in [5.41, 5.74) is 0.991. The molecule has 8 nitrogen and oxygen atoms in total. The van der Waals surface area contributed by atoms with Gasteiger partial charge < -0.3 is 15.0 Å². The minimum absolute atomic E-state index is 0.277.